The maximum Gasteiger partial charge on any atom is 0.277 e. The number of carbonyl (C=O) groups excluding carboxylic acids is 2. The number of nitrogen functional groups attached to an aromatic ring is 1. The summed E-state index contributed by atoms with van der Waals surface area (Å²) in [6.45, 7) is 2.89. The zero-order chi connectivity index (χ0) is 28.7. The number of nitrogens with two attached hydrogens (primary N) is 1. The first kappa shape index (κ1) is 28.9. The van der Waals surface area contributed by atoms with Gasteiger partial charge in [0.25, 0.3) is 10.2 Å². The molecule has 0 aromatic heterocycles. The van der Waals surface area contributed by atoms with E-state index >= 15 is 0 Å². The number of benzene rings is 3. The van der Waals surface area contributed by atoms with Crippen molar-refractivity contribution in [1.29, 1.82) is 5.41 Å². The van der Waals surface area contributed by atoms with Gasteiger partial charge in [-0.25, -0.2) is 0 Å². The number of rotatable bonds is 10. The van der Waals surface area contributed by atoms with Crippen molar-refractivity contribution in [2.45, 2.75) is 25.9 Å². The van der Waals surface area contributed by atoms with Crippen LogP contribution in [0.1, 0.15) is 23.6 Å². The lowest BCUT2D eigenvalue weighted by Gasteiger charge is -2.36. The number of piperazine rings is 1. The van der Waals surface area contributed by atoms with Gasteiger partial charge in [0.05, 0.1) is 0 Å². The van der Waals surface area contributed by atoms with Gasteiger partial charge in [-0.1, -0.05) is 72.8 Å². The Bertz CT molecular complexity index is 1470. The zero-order valence-electron chi connectivity index (χ0n) is 22.3. The molecular weight excluding hydrogens is 528 g/mol. The summed E-state index contributed by atoms with van der Waals surface area (Å²) in [6, 6.07) is 22.9. The summed E-state index contributed by atoms with van der Waals surface area (Å²) in [5.74, 6) is -0.568. The van der Waals surface area contributed by atoms with Crippen LogP contribution >= 0.6 is 0 Å². The topological polar surface area (TPSA) is 149 Å². The highest BCUT2D eigenvalue weighted by molar-refractivity contribution is 7.87. The van der Waals surface area contributed by atoms with Gasteiger partial charge in [-0.2, -0.15) is 17.9 Å². The maximum atomic E-state index is 13.6. The normalized spacial score (nSPS) is 14.5. The van der Waals surface area contributed by atoms with Crippen LogP contribution in [0.15, 0.2) is 78.9 Å². The number of amides is 2. The van der Waals surface area contributed by atoms with Gasteiger partial charge in [0.2, 0.25) is 11.8 Å². The fourth-order valence-electron chi connectivity index (χ4n) is 4.72. The molecule has 0 spiro atoms. The Morgan fingerprint density at radius 1 is 0.925 bits per heavy atom. The third kappa shape index (κ3) is 7.53. The predicted molar refractivity (Wildman–Crippen MR) is 155 cm³/mol. The standard InChI is InChI=1S/C29H34N6O4S/c1-21(36)34-14-16-35(17-15-34)29(37)27(19-22-8-7-12-24(18-22)28(30)31)33-40(38,39)32-20-25-11-5-6-13-26(25)23-9-3-2-4-10-23/h2-13,18,27,32-33H,14-17,19-20H2,1H3,(H3,30,31). The van der Waals surface area contributed by atoms with Gasteiger partial charge in [0.1, 0.15) is 11.9 Å². The fraction of sp³-hybridized carbons (Fsp3) is 0.276. The fourth-order valence-corrected chi connectivity index (χ4v) is 5.71. The molecule has 210 valence electrons. The first-order chi connectivity index (χ1) is 19.1. The van der Waals surface area contributed by atoms with Crippen molar-refractivity contribution in [3.63, 3.8) is 0 Å². The van der Waals surface area contributed by atoms with Crippen LogP contribution in [0, 0.1) is 5.41 Å². The van der Waals surface area contributed by atoms with E-state index in [9.17, 15) is 18.0 Å². The Morgan fingerprint density at radius 2 is 1.57 bits per heavy atom. The summed E-state index contributed by atoms with van der Waals surface area (Å²) in [5, 5.41) is 7.72. The minimum atomic E-state index is -4.11. The van der Waals surface area contributed by atoms with Crippen LogP contribution in [0.4, 0.5) is 0 Å². The Hall–Kier alpha value is -4.06. The molecule has 0 saturated carbocycles. The first-order valence-electron chi connectivity index (χ1n) is 13.0. The van der Waals surface area contributed by atoms with Gasteiger partial charge in [-0.15, -0.1) is 0 Å². The molecule has 1 atom stereocenters. The number of nitrogens with one attached hydrogen (secondary N) is 3. The molecule has 3 aromatic rings. The summed E-state index contributed by atoms with van der Waals surface area (Å²) in [5.41, 5.74) is 9.43. The minimum absolute atomic E-state index is 0.0262. The third-order valence-electron chi connectivity index (χ3n) is 6.86. The molecule has 3 aromatic carbocycles. The molecule has 11 heteroatoms. The minimum Gasteiger partial charge on any atom is -0.384 e. The molecule has 1 unspecified atom stereocenters. The molecule has 1 saturated heterocycles. The van der Waals surface area contributed by atoms with Crippen LogP contribution in [-0.4, -0.2) is 68.1 Å². The van der Waals surface area contributed by atoms with Crippen molar-refractivity contribution in [2.24, 2.45) is 5.73 Å². The highest BCUT2D eigenvalue weighted by atomic mass is 32.2. The summed E-state index contributed by atoms with van der Waals surface area (Å²) in [7, 11) is -4.11. The van der Waals surface area contributed by atoms with E-state index in [1.165, 1.54) is 6.92 Å². The molecule has 1 aliphatic rings. The average Bonchev–Trinajstić information content (AvgIpc) is 2.96. The van der Waals surface area contributed by atoms with Gasteiger partial charge < -0.3 is 15.5 Å². The maximum absolute atomic E-state index is 13.6. The van der Waals surface area contributed by atoms with Crippen molar-refractivity contribution in [3.05, 3.63) is 95.6 Å². The highest BCUT2D eigenvalue weighted by Gasteiger charge is 2.31. The van der Waals surface area contributed by atoms with Crippen LogP contribution in [-0.2, 0) is 32.8 Å². The number of nitrogens with zero attached hydrogens (tertiary/aromatic N) is 2. The lowest BCUT2D eigenvalue weighted by atomic mass is 10.00. The molecule has 0 radical (unpaired) electrons. The molecule has 4 rings (SSSR count). The molecule has 2 amide bonds. The van der Waals surface area contributed by atoms with E-state index in [1.807, 2.05) is 54.6 Å². The zero-order valence-corrected chi connectivity index (χ0v) is 23.2. The largest absolute Gasteiger partial charge is 0.384 e. The van der Waals surface area contributed by atoms with Gasteiger partial charge in [-0.3, -0.25) is 15.0 Å². The number of hydrogen-bond donors (Lipinski definition) is 4. The average molecular weight is 563 g/mol. The second-order valence-corrected chi connectivity index (χ2v) is 11.2. The van der Waals surface area contributed by atoms with Gasteiger partial charge in [-0.05, 0) is 34.7 Å². The molecule has 1 aliphatic heterocycles. The van der Waals surface area contributed by atoms with E-state index < -0.39 is 16.3 Å². The highest BCUT2D eigenvalue weighted by Crippen LogP contribution is 2.23. The molecular formula is C29H34N6O4S. The summed E-state index contributed by atoms with van der Waals surface area (Å²) >= 11 is 0. The van der Waals surface area contributed by atoms with E-state index in [0.29, 0.717) is 37.3 Å². The van der Waals surface area contributed by atoms with Crippen LogP contribution in [0.25, 0.3) is 11.1 Å². The predicted octanol–water partition coefficient (Wildman–Crippen LogP) is 1.86. The van der Waals surface area contributed by atoms with E-state index in [4.69, 9.17) is 11.1 Å². The molecule has 40 heavy (non-hydrogen) atoms. The quantitative estimate of drug-likeness (QED) is 0.220. The third-order valence-corrected chi connectivity index (χ3v) is 7.98. The van der Waals surface area contributed by atoms with E-state index in [1.54, 1.807) is 34.1 Å². The van der Waals surface area contributed by atoms with Crippen LogP contribution in [0.2, 0.25) is 0 Å². The van der Waals surface area contributed by atoms with E-state index in [-0.39, 0.29) is 30.6 Å². The van der Waals surface area contributed by atoms with E-state index in [2.05, 4.69) is 9.44 Å². The van der Waals surface area contributed by atoms with Gasteiger partial charge in [0, 0.05) is 45.2 Å². The second kappa shape index (κ2) is 12.9. The molecule has 5 N–H and O–H groups in total. The van der Waals surface area contributed by atoms with E-state index in [0.717, 1.165) is 16.7 Å². The first-order valence-corrected chi connectivity index (χ1v) is 14.5. The SMILES string of the molecule is CC(=O)N1CCN(C(=O)C(Cc2cccc(C(=N)N)c2)NS(=O)(=O)NCc2ccccc2-c2ccccc2)CC1. The summed E-state index contributed by atoms with van der Waals surface area (Å²) < 4.78 is 31.7. The van der Waals surface area contributed by atoms with Crippen molar-refractivity contribution in [3.8, 4) is 11.1 Å². The second-order valence-electron chi connectivity index (χ2n) is 9.67. The monoisotopic (exact) mass is 562 g/mol. The Kier molecular flexibility index (Phi) is 9.30. The van der Waals surface area contributed by atoms with Crippen molar-refractivity contribution in [2.75, 3.05) is 26.2 Å². The van der Waals surface area contributed by atoms with Crippen LogP contribution in [0.5, 0.6) is 0 Å². The molecule has 0 bridgehead atoms. The molecule has 1 fully saturated rings. The number of carbonyl (C=O) groups is 2. The lowest BCUT2D eigenvalue weighted by Crippen LogP contribution is -2.57. The molecule has 0 aliphatic carbocycles. The lowest BCUT2D eigenvalue weighted by molar-refractivity contribution is -0.139. The Labute approximate surface area is 234 Å². The van der Waals surface area contributed by atoms with Crippen molar-refractivity contribution < 1.29 is 18.0 Å². The smallest absolute Gasteiger partial charge is 0.277 e. The van der Waals surface area contributed by atoms with Gasteiger partial charge >= 0.3 is 0 Å². The Balaban J connectivity index is 1.52. The number of hydrogen-bond acceptors (Lipinski definition) is 5. The van der Waals surface area contributed by atoms with Gasteiger partial charge in [0.15, 0.2) is 0 Å². The molecule has 10 nitrogen and oxygen atoms in total. The van der Waals surface area contributed by atoms with Crippen LogP contribution in [0.3, 0.4) is 0 Å². The molecule has 1 heterocycles. The summed E-state index contributed by atoms with van der Waals surface area (Å²) in [4.78, 5) is 28.5. The van der Waals surface area contributed by atoms with Crippen LogP contribution < -0.4 is 15.2 Å². The Morgan fingerprint density at radius 3 is 2.25 bits per heavy atom. The van der Waals surface area contributed by atoms with Crippen molar-refractivity contribution >= 4 is 27.9 Å². The number of amidine groups is 1. The summed E-state index contributed by atoms with van der Waals surface area (Å²) in [6.07, 6.45) is 0.0639. The van der Waals surface area contributed by atoms with Crippen molar-refractivity contribution in [1.82, 2.24) is 19.2 Å².